The number of anilines is 1. The number of methoxy groups -OCH3 is 1. The van der Waals surface area contributed by atoms with Crippen LogP contribution in [0.25, 0.3) is 11.4 Å². The summed E-state index contributed by atoms with van der Waals surface area (Å²) in [4.78, 5) is 17.0. The molecule has 1 unspecified atom stereocenters. The van der Waals surface area contributed by atoms with Crippen molar-refractivity contribution in [2.24, 2.45) is 5.73 Å². The Kier molecular flexibility index (Phi) is 5.56. The van der Waals surface area contributed by atoms with Gasteiger partial charge in [-0.2, -0.15) is 4.98 Å². The number of primary amides is 1. The van der Waals surface area contributed by atoms with E-state index in [1.807, 2.05) is 37.3 Å². The first-order chi connectivity index (χ1) is 14.9. The molecule has 8 nitrogen and oxygen atoms in total. The maximum atomic E-state index is 12.4. The second-order valence-electron chi connectivity index (χ2n) is 6.98. The van der Waals surface area contributed by atoms with Crippen molar-refractivity contribution in [1.82, 2.24) is 14.8 Å². The van der Waals surface area contributed by atoms with E-state index in [0.29, 0.717) is 46.2 Å². The van der Waals surface area contributed by atoms with Gasteiger partial charge in [0.25, 0.3) is 0 Å². The first-order valence-corrected chi connectivity index (χ1v) is 10.1. The lowest BCUT2D eigenvalue weighted by molar-refractivity contribution is -0.115. The van der Waals surface area contributed by atoms with Crippen molar-refractivity contribution in [3.8, 4) is 22.9 Å². The van der Waals surface area contributed by atoms with Gasteiger partial charge in [0.2, 0.25) is 11.9 Å². The summed E-state index contributed by atoms with van der Waals surface area (Å²) in [7, 11) is 1.57. The van der Waals surface area contributed by atoms with Crippen molar-refractivity contribution in [3.05, 3.63) is 64.3 Å². The van der Waals surface area contributed by atoms with Crippen LogP contribution < -0.4 is 20.5 Å². The lowest BCUT2D eigenvalue weighted by atomic mass is 9.95. The molecule has 0 spiro atoms. The molecule has 0 radical (unpaired) electrons. The lowest BCUT2D eigenvalue weighted by Gasteiger charge is -2.28. The normalized spacial score (nSPS) is 15.3. The zero-order valence-corrected chi connectivity index (χ0v) is 18.1. The van der Waals surface area contributed by atoms with E-state index in [1.165, 1.54) is 0 Å². The molecule has 4 rings (SSSR count). The van der Waals surface area contributed by atoms with Crippen LogP contribution in [0.4, 0.5) is 5.95 Å². The summed E-state index contributed by atoms with van der Waals surface area (Å²) in [5.74, 6) is 1.63. The predicted molar refractivity (Wildman–Crippen MR) is 118 cm³/mol. The molecule has 9 heteroatoms. The van der Waals surface area contributed by atoms with E-state index >= 15 is 0 Å². The number of nitrogens with one attached hydrogen (secondary N) is 1. The molecule has 0 saturated heterocycles. The molecule has 0 saturated carbocycles. The predicted octanol–water partition coefficient (Wildman–Crippen LogP) is 3.78. The standard InChI is InChI=1S/C22H22ClN5O3/c1-4-31-16-10-7-14(11-17(16)30-3)19-18(20(24)29)12(2)25-22-26-21(27-28(19)22)13-5-8-15(23)9-6-13/h5-11,19H,4H2,1-3H3,(H2,24,29)(H,25,26,27). The highest BCUT2D eigenvalue weighted by molar-refractivity contribution is 6.30. The molecule has 1 aromatic heterocycles. The minimum Gasteiger partial charge on any atom is -0.493 e. The average Bonchev–Trinajstić information content (AvgIpc) is 3.17. The fourth-order valence-electron chi connectivity index (χ4n) is 3.63. The van der Waals surface area contributed by atoms with Crippen LogP contribution in [0.3, 0.4) is 0 Å². The lowest BCUT2D eigenvalue weighted by Crippen LogP contribution is -2.31. The van der Waals surface area contributed by atoms with Gasteiger partial charge < -0.3 is 20.5 Å². The Bertz CT molecular complexity index is 1170. The van der Waals surface area contributed by atoms with Gasteiger partial charge in [-0.15, -0.1) is 5.10 Å². The summed E-state index contributed by atoms with van der Waals surface area (Å²) in [5.41, 5.74) is 8.34. The fourth-order valence-corrected chi connectivity index (χ4v) is 3.75. The van der Waals surface area contributed by atoms with Crippen LogP contribution in [0.15, 0.2) is 53.7 Å². The summed E-state index contributed by atoms with van der Waals surface area (Å²) in [5, 5.41) is 8.44. The summed E-state index contributed by atoms with van der Waals surface area (Å²) in [6.07, 6.45) is 0. The minimum absolute atomic E-state index is 0.395. The molecule has 1 aliphatic rings. The number of halogens is 1. The van der Waals surface area contributed by atoms with Crippen molar-refractivity contribution >= 4 is 23.5 Å². The van der Waals surface area contributed by atoms with Gasteiger partial charge in [0.15, 0.2) is 17.3 Å². The molecule has 160 valence electrons. The highest BCUT2D eigenvalue weighted by Gasteiger charge is 2.34. The van der Waals surface area contributed by atoms with Crippen molar-refractivity contribution < 1.29 is 14.3 Å². The Labute approximate surface area is 184 Å². The third-order valence-electron chi connectivity index (χ3n) is 5.02. The number of fused-ring (bicyclic) bond motifs is 1. The molecule has 1 aliphatic heterocycles. The van der Waals surface area contributed by atoms with E-state index < -0.39 is 11.9 Å². The molecule has 0 bridgehead atoms. The highest BCUT2D eigenvalue weighted by atomic mass is 35.5. The van der Waals surface area contributed by atoms with Crippen LogP contribution in [0.2, 0.25) is 5.02 Å². The number of ether oxygens (including phenoxy) is 2. The summed E-state index contributed by atoms with van der Waals surface area (Å²) < 4.78 is 12.8. The SMILES string of the molecule is CCOc1ccc(C2C(C(N)=O)=C(C)Nc3nc(-c4ccc(Cl)cc4)nn32)cc1OC. The smallest absolute Gasteiger partial charge is 0.248 e. The number of allylic oxidation sites excluding steroid dienone is 1. The molecule has 0 aliphatic carbocycles. The molecule has 0 fully saturated rings. The largest absolute Gasteiger partial charge is 0.493 e. The van der Waals surface area contributed by atoms with Gasteiger partial charge in [-0.05, 0) is 55.8 Å². The third-order valence-corrected chi connectivity index (χ3v) is 5.28. The fraction of sp³-hybridized carbons (Fsp3) is 0.227. The van der Waals surface area contributed by atoms with Crippen LogP contribution in [0.1, 0.15) is 25.5 Å². The monoisotopic (exact) mass is 439 g/mol. The second kappa shape index (κ2) is 8.31. The van der Waals surface area contributed by atoms with Gasteiger partial charge in [0.1, 0.15) is 6.04 Å². The van der Waals surface area contributed by atoms with Gasteiger partial charge in [-0.25, -0.2) is 4.68 Å². The van der Waals surface area contributed by atoms with Crippen LogP contribution in [0.5, 0.6) is 11.5 Å². The second-order valence-corrected chi connectivity index (χ2v) is 7.42. The van der Waals surface area contributed by atoms with Gasteiger partial charge in [0, 0.05) is 16.3 Å². The number of hydrogen-bond donors (Lipinski definition) is 2. The number of amides is 1. The van der Waals surface area contributed by atoms with Crippen molar-refractivity contribution in [2.75, 3.05) is 19.0 Å². The first-order valence-electron chi connectivity index (χ1n) is 9.73. The number of carbonyl (C=O) groups excluding carboxylic acids is 1. The Hall–Kier alpha value is -3.52. The van der Waals surface area contributed by atoms with Crippen LogP contribution in [-0.2, 0) is 4.79 Å². The van der Waals surface area contributed by atoms with Gasteiger partial charge in [-0.1, -0.05) is 17.7 Å². The average molecular weight is 440 g/mol. The molecule has 2 heterocycles. The summed E-state index contributed by atoms with van der Waals surface area (Å²) in [6.45, 7) is 4.20. The molecule has 31 heavy (non-hydrogen) atoms. The van der Waals surface area contributed by atoms with Crippen molar-refractivity contribution in [3.63, 3.8) is 0 Å². The van der Waals surface area contributed by atoms with Gasteiger partial charge >= 0.3 is 0 Å². The quantitative estimate of drug-likeness (QED) is 0.605. The third kappa shape index (κ3) is 3.82. The van der Waals surface area contributed by atoms with Crippen molar-refractivity contribution in [2.45, 2.75) is 19.9 Å². The Morgan fingerprint density at radius 1 is 1.23 bits per heavy atom. The Morgan fingerprint density at radius 3 is 2.61 bits per heavy atom. The number of nitrogens with two attached hydrogens (primary N) is 1. The van der Waals surface area contributed by atoms with E-state index in [-0.39, 0.29) is 0 Å². The highest BCUT2D eigenvalue weighted by Crippen LogP contribution is 2.39. The zero-order chi connectivity index (χ0) is 22.1. The number of hydrogen-bond acceptors (Lipinski definition) is 6. The van der Waals surface area contributed by atoms with E-state index in [9.17, 15) is 4.79 Å². The molecular formula is C22H22ClN5O3. The van der Waals surface area contributed by atoms with Gasteiger partial charge in [-0.3, -0.25) is 4.79 Å². The van der Waals surface area contributed by atoms with Gasteiger partial charge in [0.05, 0.1) is 19.3 Å². The summed E-state index contributed by atoms with van der Waals surface area (Å²) >= 11 is 6.00. The number of carbonyl (C=O) groups is 1. The molecular weight excluding hydrogens is 418 g/mol. The van der Waals surface area contributed by atoms with E-state index in [2.05, 4.69) is 15.4 Å². The summed E-state index contributed by atoms with van der Waals surface area (Å²) in [6, 6.07) is 12.2. The maximum absolute atomic E-state index is 12.4. The first kappa shape index (κ1) is 20.7. The Morgan fingerprint density at radius 2 is 1.97 bits per heavy atom. The zero-order valence-electron chi connectivity index (χ0n) is 17.3. The molecule has 3 N–H and O–H groups in total. The van der Waals surface area contributed by atoms with Crippen LogP contribution >= 0.6 is 11.6 Å². The molecule has 3 aromatic rings. The molecule has 1 amide bonds. The Balaban J connectivity index is 1.86. The van der Waals surface area contributed by atoms with E-state index in [4.69, 9.17) is 26.8 Å². The number of nitrogens with zero attached hydrogens (tertiary/aromatic N) is 3. The van der Waals surface area contributed by atoms with Crippen molar-refractivity contribution in [1.29, 1.82) is 0 Å². The number of benzene rings is 2. The topological polar surface area (TPSA) is 104 Å². The minimum atomic E-state index is -0.577. The van der Waals surface area contributed by atoms with Crippen LogP contribution in [-0.4, -0.2) is 34.4 Å². The maximum Gasteiger partial charge on any atom is 0.248 e. The van der Waals surface area contributed by atoms with Crippen LogP contribution in [0, 0.1) is 0 Å². The molecule has 1 atom stereocenters. The van der Waals surface area contributed by atoms with E-state index in [0.717, 1.165) is 11.1 Å². The van der Waals surface area contributed by atoms with E-state index in [1.54, 1.807) is 30.8 Å². The molecule has 2 aromatic carbocycles. The number of rotatable bonds is 6. The number of aromatic nitrogens is 3.